The van der Waals surface area contributed by atoms with E-state index in [1.807, 2.05) is 25.2 Å². The van der Waals surface area contributed by atoms with Gasteiger partial charge in [0.2, 0.25) is 5.91 Å². The zero-order chi connectivity index (χ0) is 18.5. The van der Waals surface area contributed by atoms with Gasteiger partial charge in [-0.05, 0) is 35.7 Å². The molecule has 2 aromatic rings. The third kappa shape index (κ3) is 4.48. The second kappa shape index (κ2) is 8.43. The highest BCUT2D eigenvalue weighted by atomic mass is 19.1. The minimum absolute atomic E-state index is 0.00950. The lowest BCUT2D eigenvalue weighted by molar-refractivity contribution is -0.132. The van der Waals surface area contributed by atoms with E-state index in [1.165, 1.54) is 11.6 Å². The summed E-state index contributed by atoms with van der Waals surface area (Å²) in [5.41, 5.74) is 3.25. The van der Waals surface area contributed by atoms with Crippen LogP contribution in [0.5, 0.6) is 0 Å². The summed E-state index contributed by atoms with van der Waals surface area (Å²) in [6.07, 6.45) is 0. The molecule has 1 aliphatic rings. The monoisotopic (exact) mass is 355 g/mol. The van der Waals surface area contributed by atoms with Crippen molar-refractivity contribution in [2.75, 3.05) is 33.2 Å². The highest BCUT2D eigenvalue weighted by molar-refractivity contribution is 5.78. The van der Waals surface area contributed by atoms with Crippen LogP contribution >= 0.6 is 0 Å². The quantitative estimate of drug-likeness (QED) is 0.896. The zero-order valence-corrected chi connectivity index (χ0v) is 15.4. The van der Waals surface area contributed by atoms with Crippen molar-refractivity contribution >= 4 is 5.91 Å². The number of hydrogen-bond acceptors (Lipinski definition) is 3. The fourth-order valence-corrected chi connectivity index (χ4v) is 3.40. The number of hydrogen-bond donors (Lipinski definition) is 1. The van der Waals surface area contributed by atoms with Crippen molar-refractivity contribution in [1.29, 1.82) is 0 Å². The highest BCUT2D eigenvalue weighted by Crippen LogP contribution is 2.23. The summed E-state index contributed by atoms with van der Waals surface area (Å²) in [6.45, 7) is 5.32. The molecule has 1 saturated heterocycles. The van der Waals surface area contributed by atoms with E-state index >= 15 is 0 Å². The van der Waals surface area contributed by atoms with Crippen molar-refractivity contribution in [1.82, 2.24) is 15.1 Å². The molecule has 1 heterocycles. The van der Waals surface area contributed by atoms with Gasteiger partial charge in [-0.25, -0.2) is 4.39 Å². The molecule has 0 aliphatic carbocycles. The van der Waals surface area contributed by atoms with E-state index in [2.05, 4.69) is 29.3 Å². The molecule has 138 valence electrons. The van der Waals surface area contributed by atoms with Gasteiger partial charge in [-0.3, -0.25) is 9.69 Å². The Hall–Kier alpha value is -2.24. The summed E-state index contributed by atoms with van der Waals surface area (Å²) in [6, 6.07) is 14.8. The molecule has 5 heteroatoms. The summed E-state index contributed by atoms with van der Waals surface area (Å²) < 4.78 is 13.6. The molecule has 0 radical (unpaired) electrons. The molecule has 2 aromatic carbocycles. The summed E-state index contributed by atoms with van der Waals surface area (Å²) >= 11 is 0. The van der Waals surface area contributed by atoms with Crippen LogP contribution in [-0.4, -0.2) is 48.9 Å². The lowest BCUT2D eigenvalue weighted by Gasteiger charge is -2.36. The van der Waals surface area contributed by atoms with E-state index < -0.39 is 0 Å². The number of benzene rings is 2. The van der Waals surface area contributed by atoms with Crippen LogP contribution in [0.4, 0.5) is 4.39 Å². The van der Waals surface area contributed by atoms with Gasteiger partial charge in [0.15, 0.2) is 0 Å². The molecule has 1 N–H and O–H groups in total. The first kappa shape index (κ1) is 18.5. The molecule has 0 aromatic heterocycles. The average molecular weight is 355 g/mol. The maximum Gasteiger partial charge on any atom is 0.236 e. The van der Waals surface area contributed by atoms with Crippen molar-refractivity contribution in [3.05, 3.63) is 71.0 Å². The second-order valence-electron chi connectivity index (χ2n) is 6.92. The van der Waals surface area contributed by atoms with E-state index in [0.29, 0.717) is 13.1 Å². The first-order valence-electron chi connectivity index (χ1n) is 9.03. The summed E-state index contributed by atoms with van der Waals surface area (Å²) in [4.78, 5) is 16.7. The van der Waals surface area contributed by atoms with Crippen LogP contribution in [0.15, 0.2) is 48.5 Å². The van der Waals surface area contributed by atoms with E-state index in [-0.39, 0.29) is 17.8 Å². The number of aryl methyl sites for hydroxylation is 1. The van der Waals surface area contributed by atoms with Crippen molar-refractivity contribution in [2.24, 2.45) is 0 Å². The van der Waals surface area contributed by atoms with Crippen molar-refractivity contribution in [3.63, 3.8) is 0 Å². The normalized spacial score (nSPS) is 17.9. The Bertz CT molecular complexity index is 764. The first-order valence-corrected chi connectivity index (χ1v) is 9.03. The Morgan fingerprint density at radius 3 is 2.85 bits per heavy atom. The van der Waals surface area contributed by atoms with Crippen LogP contribution in [0, 0.1) is 12.7 Å². The minimum atomic E-state index is -0.240. The Kier molecular flexibility index (Phi) is 6.01. The predicted octanol–water partition coefficient (Wildman–Crippen LogP) is 2.74. The van der Waals surface area contributed by atoms with E-state index in [1.54, 1.807) is 17.0 Å². The van der Waals surface area contributed by atoms with Gasteiger partial charge in [-0.1, -0.05) is 36.4 Å². The molecule has 26 heavy (non-hydrogen) atoms. The van der Waals surface area contributed by atoms with Crippen LogP contribution in [0.1, 0.15) is 22.7 Å². The molecular weight excluding hydrogens is 329 g/mol. The molecule has 1 unspecified atom stereocenters. The summed E-state index contributed by atoms with van der Waals surface area (Å²) in [5, 5.41) is 3.34. The Balaban J connectivity index is 1.67. The molecule has 1 aliphatic heterocycles. The Labute approximate surface area is 154 Å². The van der Waals surface area contributed by atoms with E-state index in [4.69, 9.17) is 0 Å². The van der Waals surface area contributed by atoms with Crippen LogP contribution in [0.2, 0.25) is 0 Å². The number of carbonyl (C=O) groups is 1. The summed E-state index contributed by atoms with van der Waals surface area (Å²) in [5.74, 6) is -0.160. The maximum absolute atomic E-state index is 13.6. The van der Waals surface area contributed by atoms with Gasteiger partial charge in [-0.2, -0.15) is 0 Å². The van der Waals surface area contributed by atoms with Gasteiger partial charge in [0.25, 0.3) is 0 Å². The predicted molar refractivity (Wildman–Crippen MR) is 101 cm³/mol. The van der Waals surface area contributed by atoms with Crippen molar-refractivity contribution in [2.45, 2.75) is 19.5 Å². The van der Waals surface area contributed by atoms with Gasteiger partial charge in [-0.15, -0.1) is 0 Å². The van der Waals surface area contributed by atoms with Crippen LogP contribution in [0.25, 0.3) is 0 Å². The lowest BCUT2D eigenvalue weighted by Crippen LogP contribution is -2.49. The smallest absolute Gasteiger partial charge is 0.236 e. The van der Waals surface area contributed by atoms with Crippen molar-refractivity contribution in [3.8, 4) is 0 Å². The third-order valence-corrected chi connectivity index (χ3v) is 5.02. The molecule has 0 bridgehead atoms. The van der Waals surface area contributed by atoms with Gasteiger partial charge < -0.3 is 10.2 Å². The van der Waals surface area contributed by atoms with Gasteiger partial charge >= 0.3 is 0 Å². The summed E-state index contributed by atoms with van der Waals surface area (Å²) in [7, 11) is 1.84. The number of amides is 1. The zero-order valence-electron chi connectivity index (χ0n) is 15.4. The molecular formula is C21H26FN3O. The molecule has 1 amide bonds. The lowest BCUT2D eigenvalue weighted by atomic mass is 10.0. The molecule has 1 atom stereocenters. The third-order valence-electron chi connectivity index (χ3n) is 5.02. The Morgan fingerprint density at radius 1 is 1.27 bits per heavy atom. The molecule has 4 nitrogen and oxygen atoms in total. The number of piperazine rings is 1. The topological polar surface area (TPSA) is 35.6 Å². The van der Waals surface area contributed by atoms with Gasteiger partial charge in [0.05, 0.1) is 6.54 Å². The maximum atomic E-state index is 13.6. The van der Waals surface area contributed by atoms with Crippen molar-refractivity contribution < 1.29 is 9.18 Å². The van der Waals surface area contributed by atoms with Gasteiger partial charge in [0.1, 0.15) is 5.82 Å². The van der Waals surface area contributed by atoms with E-state index in [9.17, 15) is 9.18 Å². The van der Waals surface area contributed by atoms with E-state index in [0.717, 1.165) is 30.8 Å². The molecule has 0 saturated carbocycles. The second-order valence-corrected chi connectivity index (χ2v) is 6.92. The minimum Gasteiger partial charge on any atom is -0.340 e. The SMILES string of the molecule is Cc1ccccc1CN(C)C(=O)CN1CCNCC1c1cccc(F)c1. The number of carbonyl (C=O) groups excluding carboxylic acids is 1. The largest absolute Gasteiger partial charge is 0.340 e. The molecule has 3 rings (SSSR count). The first-order chi connectivity index (χ1) is 12.5. The number of halogens is 1. The standard InChI is InChI=1S/C21H26FN3O/c1-16-6-3-4-7-18(16)14-24(2)21(26)15-25-11-10-23-13-20(25)17-8-5-9-19(22)12-17/h3-9,12,20,23H,10-11,13-15H2,1-2H3. The highest BCUT2D eigenvalue weighted by Gasteiger charge is 2.26. The average Bonchev–Trinajstić information content (AvgIpc) is 2.64. The number of nitrogens with one attached hydrogen (secondary N) is 1. The number of rotatable bonds is 5. The van der Waals surface area contributed by atoms with Crippen LogP contribution in [0.3, 0.4) is 0 Å². The fourth-order valence-electron chi connectivity index (χ4n) is 3.40. The number of likely N-dealkylation sites (N-methyl/N-ethyl adjacent to an activating group) is 1. The van der Waals surface area contributed by atoms with Crippen LogP contribution in [-0.2, 0) is 11.3 Å². The van der Waals surface area contributed by atoms with Crippen LogP contribution < -0.4 is 5.32 Å². The Morgan fingerprint density at radius 2 is 2.08 bits per heavy atom. The molecule has 0 spiro atoms. The number of nitrogens with zero attached hydrogens (tertiary/aromatic N) is 2. The molecule has 1 fully saturated rings. The van der Waals surface area contributed by atoms with Gasteiger partial charge in [0, 0.05) is 39.3 Å². The fraction of sp³-hybridized carbons (Fsp3) is 0.381.